The summed E-state index contributed by atoms with van der Waals surface area (Å²) in [5.74, 6) is 1.98. The number of hydrogen-bond donors (Lipinski definition) is 1. The lowest BCUT2D eigenvalue weighted by atomic mass is 9.89. The molecule has 35 heavy (non-hydrogen) atoms. The number of nitrogens with one attached hydrogen (secondary N) is 1. The summed E-state index contributed by atoms with van der Waals surface area (Å²) in [5, 5.41) is 7.88. The molecule has 3 aliphatic rings. The van der Waals surface area contributed by atoms with Crippen LogP contribution in [0.4, 0.5) is 11.4 Å². The molecule has 7 heteroatoms. The molecule has 0 aliphatic carbocycles. The summed E-state index contributed by atoms with van der Waals surface area (Å²) < 4.78 is 11.8. The lowest BCUT2D eigenvalue weighted by Gasteiger charge is -2.44. The van der Waals surface area contributed by atoms with Gasteiger partial charge < -0.3 is 19.7 Å². The summed E-state index contributed by atoms with van der Waals surface area (Å²) in [6, 6.07) is 16.7. The third-order valence-corrected chi connectivity index (χ3v) is 8.08. The predicted molar refractivity (Wildman–Crippen MR) is 140 cm³/mol. The highest BCUT2D eigenvalue weighted by molar-refractivity contribution is 7.08. The summed E-state index contributed by atoms with van der Waals surface area (Å²) in [5.41, 5.74) is 4.72. The number of ketones is 1. The average Bonchev–Trinajstić information content (AvgIpc) is 3.42. The van der Waals surface area contributed by atoms with Gasteiger partial charge in [0.1, 0.15) is 13.2 Å². The van der Waals surface area contributed by atoms with E-state index < -0.39 is 0 Å². The van der Waals surface area contributed by atoms with E-state index in [-0.39, 0.29) is 12.1 Å². The van der Waals surface area contributed by atoms with Crippen molar-refractivity contribution in [3.8, 4) is 11.5 Å². The van der Waals surface area contributed by atoms with Crippen LogP contribution < -0.4 is 19.7 Å². The second-order valence-corrected chi connectivity index (χ2v) is 10.3. The smallest absolute Gasteiger partial charge is 0.184 e. The molecule has 6 rings (SSSR count). The summed E-state index contributed by atoms with van der Waals surface area (Å²) in [4.78, 5) is 18.5. The molecular weight excluding hydrogens is 458 g/mol. The lowest BCUT2D eigenvalue weighted by Crippen LogP contribution is -2.59. The van der Waals surface area contributed by atoms with Gasteiger partial charge >= 0.3 is 0 Å². The van der Waals surface area contributed by atoms with E-state index in [0.717, 1.165) is 61.8 Å². The molecule has 1 aromatic heterocycles. The van der Waals surface area contributed by atoms with Gasteiger partial charge in [-0.3, -0.25) is 9.69 Å². The van der Waals surface area contributed by atoms with Crippen molar-refractivity contribution in [1.82, 2.24) is 4.90 Å². The molecule has 3 aromatic rings. The first-order valence-electron chi connectivity index (χ1n) is 12.5. The van der Waals surface area contributed by atoms with Gasteiger partial charge in [0.05, 0.1) is 11.7 Å². The number of carbonyl (C=O) groups is 1. The molecule has 6 nitrogen and oxygen atoms in total. The number of piperazine rings is 1. The molecule has 2 aromatic carbocycles. The number of fused-ring (bicyclic) bond motifs is 2. The van der Waals surface area contributed by atoms with Crippen LogP contribution in [0.5, 0.6) is 11.5 Å². The summed E-state index contributed by atoms with van der Waals surface area (Å²) >= 11 is 1.65. The van der Waals surface area contributed by atoms with Gasteiger partial charge in [0.15, 0.2) is 17.3 Å². The van der Waals surface area contributed by atoms with Gasteiger partial charge in [-0.15, -0.1) is 0 Å². The van der Waals surface area contributed by atoms with Crippen LogP contribution in [-0.2, 0) is 17.6 Å². The number of para-hydroxylation sites is 2. The quantitative estimate of drug-likeness (QED) is 0.559. The van der Waals surface area contributed by atoms with E-state index in [2.05, 4.69) is 62.3 Å². The van der Waals surface area contributed by atoms with Crippen LogP contribution >= 0.6 is 11.3 Å². The van der Waals surface area contributed by atoms with Gasteiger partial charge in [0, 0.05) is 44.3 Å². The Kier molecular flexibility index (Phi) is 6.35. The van der Waals surface area contributed by atoms with E-state index in [1.807, 2.05) is 12.1 Å². The van der Waals surface area contributed by atoms with E-state index in [0.29, 0.717) is 25.4 Å². The van der Waals surface area contributed by atoms with E-state index in [9.17, 15) is 4.79 Å². The number of nitrogens with zero attached hydrogens (tertiary/aromatic N) is 2. The van der Waals surface area contributed by atoms with Crippen LogP contribution in [0.15, 0.2) is 59.3 Å². The average molecular weight is 490 g/mol. The van der Waals surface area contributed by atoms with Gasteiger partial charge in [0.25, 0.3) is 0 Å². The number of thiophene rings is 1. The zero-order valence-corrected chi connectivity index (χ0v) is 20.6. The molecule has 2 unspecified atom stereocenters. The topological polar surface area (TPSA) is 54.0 Å². The van der Waals surface area contributed by atoms with Crippen molar-refractivity contribution in [1.29, 1.82) is 0 Å². The molecular formula is C28H31N3O3S. The van der Waals surface area contributed by atoms with Crippen LogP contribution in [0.25, 0.3) is 0 Å². The van der Waals surface area contributed by atoms with Gasteiger partial charge in [-0.05, 0) is 59.0 Å². The second kappa shape index (κ2) is 9.91. The number of carbonyl (C=O) groups excluding carboxylic acids is 1. The summed E-state index contributed by atoms with van der Waals surface area (Å²) in [6.45, 7) is 4.55. The number of aryl methyl sites for hydroxylation is 1. The number of anilines is 2. The molecule has 0 bridgehead atoms. The van der Waals surface area contributed by atoms with Crippen molar-refractivity contribution in [3.05, 3.63) is 70.4 Å². The third kappa shape index (κ3) is 4.62. The van der Waals surface area contributed by atoms with Crippen LogP contribution in [-0.4, -0.2) is 62.2 Å². The molecule has 0 radical (unpaired) electrons. The molecule has 182 valence electrons. The fourth-order valence-corrected chi connectivity index (χ4v) is 6.30. The zero-order valence-electron chi connectivity index (χ0n) is 19.8. The zero-order chi connectivity index (χ0) is 23.6. The Bertz CT molecular complexity index is 1170. The molecule has 0 spiro atoms. The van der Waals surface area contributed by atoms with Crippen molar-refractivity contribution in [3.63, 3.8) is 0 Å². The largest absolute Gasteiger partial charge is 0.486 e. The molecule has 1 N–H and O–H groups in total. The molecule has 1 fully saturated rings. The van der Waals surface area contributed by atoms with Crippen LogP contribution in [0.3, 0.4) is 0 Å². The molecule has 2 atom stereocenters. The minimum absolute atomic E-state index is 0.115. The maximum Gasteiger partial charge on any atom is 0.184 e. The summed E-state index contributed by atoms with van der Waals surface area (Å²) in [6.07, 6.45) is 2.46. The highest BCUT2D eigenvalue weighted by atomic mass is 32.1. The van der Waals surface area contributed by atoms with Crippen molar-refractivity contribution < 1.29 is 14.3 Å². The van der Waals surface area contributed by atoms with Crippen molar-refractivity contribution in [2.24, 2.45) is 0 Å². The SMILES string of the molecule is O=C(Cc1ccsc1)C(C1CCc2ccccc2N1)N1CCN(c2cccc3c2OCCO3)CC1. The third-order valence-electron chi connectivity index (χ3n) is 7.35. The van der Waals surface area contributed by atoms with Crippen LogP contribution in [0.2, 0.25) is 0 Å². The van der Waals surface area contributed by atoms with Gasteiger partial charge in [-0.2, -0.15) is 11.3 Å². The Morgan fingerprint density at radius 3 is 2.74 bits per heavy atom. The van der Waals surface area contributed by atoms with Crippen LogP contribution in [0.1, 0.15) is 17.5 Å². The van der Waals surface area contributed by atoms with Crippen molar-refractivity contribution in [2.75, 3.05) is 49.6 Å². The first-order valence-corrected chi connectivity index (χ1v) is 13.5. The molecule has 0 saturated carbocycles. The van der Waals surface area contributed by atoms with Crippen molar-refractivity contribution >= 4 is 28.5 Å². The Hall–Kier alpha value is -3.03. The molecule has 0 amide bonds. The standard InChI is InChI=1S/C28H31N3O3S/c32-25(18-20-10-17-35-19-20)27(23-9-8-21-4-1-2-5-22(21)29-23)31-13-11-30(12-14-31)24-6-3-7-26-28(24)34-16-15-33-26/h1-7,10,17,19,23,27,29H,8-9,11-16,18H2. The monoisotopic (exact) mass is 489 g/mol. The predicted octanol–water partition coefficient (Wildman–Crippen LogP) is 4.25. The molecule has 4 heterocycles. The maximum absolute atomic E-state index is 13.7. The highest BCUT2D eigenvalue weighted by Gasteiger charge is 2.37. The van der Waals surface area contributed by atoms with E-state index in [1.54, 1.807) is 11.3 Å². The first kappa shape index (κ1) is 22.4. The first-order chi connectivity index (χ1) is 17.3. The molecule has 3 aliphatic heterocycles. The number of rotatable bonds is 6. The van der Waals surface area contributed by atoms with E-state index >= 15 is 0 Å². The Labute approximate surface area is 210 Å². The Morgan fingerprint density at radius 2 is 1.89 bits per heavy atom. The minimum atomic E-state index is -0.144. The van der Waals surface area contributed by atoms with Gasteiger partial charge in [-0.1, -0.05) is 24.3 Å². The van der Waals surface area contributed by atoms with E-state index in [4.69, 9.17) is 9.47 Å². The number of Topliss-reactive ketones (excluding diaryl/α,β-unsaturated/α-hetero) is 1. The fraction of sp³-hybridized carbons (Fsp3) is 0.393. The minimum Gasteiger partial charge on any atom is -0.486 e. The second-order valence-electron chi connectivity index (χ2n) is 9.49. The Balaban J connectivity index is 1.21. The number of hydrogen-bond acceptors (Lipinski definition) is 7. The maximum atomic E-state index is 13.7. The molecule has 1 saturated heterocycles. The van der Waals surface area contributed by atoms with Crippen molar-refractivity contribution in [2.45, 2.75) is 31.3 Å². The highest BCUT2D eigenvalue weighted by Crippen LogP contribution is 2.40. The van der Waals surface area contributed by atoms with Crippen LogP contribution in [0, 0.1) is 0 Å². The lowest BCUT2D eigenvalue weighted by molar-refractivity contribution is -0.124. The number of benzene rings is 2. The summed E-state index contributed by atoms with van der Waals surface area (Å²) in [7, 11) is 0. The normalized spacial score (nSPS) is 20.6. The fourth-order valence-electron chi connectivity index (χ4n) is 5.63. The van der Waals surface area contributed by atoms with E-state index in [1.165, 1.54) is 11.3 Å². The van der Waals surface area contributed by atoms with Gasteiger partial charge in [0.2, 0.25) is 0 Å². The number of ether oxygens (including phenoxy) is 2. The Morgan fingerprint density at radius 1 is 1.03 bits per heavy atom. The van der Waals surface area contributed by atoms with Gasteiger partial charge in [-0.25, -0.2) is 0 Å².